The fraction of sp³-hybridized carbons (Fsp3) is 0.500. The van der Waals surface area contributed by atoms with Crippen molar-refractivity contribution >= 4 is 16.1 Å². The number of nitrogens with one attached hydrogen (secondary N) is 1. The number of hydrogen-bond acceptors (Lipinski definition) is 4. The zero-order valence-electron chi connectivity index (χ0n) is 13.2. The van der Waals surface area contributed by atoms with Crippen LogP contribution in [0.15, 0.2) is 30.3 Å². The fourth-order valence-corrected chi connectivity index (χ4v) is 3.11. The molecule has 0 saturated carbocycles. The van der Waals surface area contributed by atoms with Crippen molar-refractivity contribution in [3.8, 4) is 5.75 Å². The Balaban J connectivity index is 1.74. The summed E-state index contributed by atoms with van der Waals surface area (Å²) in [6, 6.07) is 7.95. The van der Waals surface area contributed by atoms with Crippen LogP contribution in [0.1, 0.15) is 12.0 Å². The van der Waals surface area contributed by atoms with Crippen LogP contribution in [-0.4, -0.2) is 52.9 Å². The highest BCUT2D eigenvalue weighted by Gasteiger charge is 2.22. The van der Waals surface area contributed by atoms with E-state index >= 15 is 0 Å². The Hall–Kier alpha value is -1.37. The van der Waals surface area contributed by atoms with Crippen LogP contribution in [0, 0.1) is 5.92 Å². The zero-order chi connectivity index (χ0) is 16.0. The van der Waals surface area contributed by atoms with Gasteiger partial charge in [0.1, 0.15) is 5.75 Å². The molecule has 1 aliphatic heterocycles. The minimum atomic E-state index is -3.08. The molecule has 0 amide bonds. The molecule has 1 fully saturated rings. The van der Waals surface area contributed by atoms with Gasteiger partial charge in [-0.15, -0.1) is 0 Å². The largest absolute Gasteiger partial charge is 0.497 e. The molecule has 0 aliphatic carbocycles. The molecule has 0 bridgehead atoms. The molecule has 1 aliphatic rings. The third kappa shape index (κ3) is 5.79. The maximum absolute atomic E-state index is 11.1. The average molecular weight is 324 g/mol. The molecule has 5 nitrogen and oxygen atoms in total. The summed E-state index contributed by atoms with van der Waals surface area (Å²) in [6.07, 6.45) is 6.49. The van der Waals surface area contributed by atoms with Gasteiger partial charge in [0, 0.05) is 19.6 Å². The van der Waals surface area contributed by atoms with Crippen molar-refractivity contribution in [3.05, 3.63) is 35.9 Å². The van der Waals surface area contributed by atoms with Crippen LogP contribution >= 0.6 is 0 Å². The van der Waals surface area contributed by atoms with E-state index in [1.807, 2.05) is 24.3 Å². The third-order valence-electron chi connectivity index (χ3n) is 3.79. The molecular weight excluding hydrogens is 300 g/mol. The molecule has 22 heavy (non-hydrogen) atoms. The van der Waals surface area contributed by atoms with Gasteiger partial charge in [0.05, 0.1) is 13.4 Å². The summed E-state index contributed by atoms with van der Waals surface area (Å²) in [4.78, 5) is 2.34. The summed E-state index contributed by atoms with van der Waals surface area (Å²) in [6.45, 7) is 3.39. The van der Waals surface area contributed by atoms with Crippen LogP contribution in [-0.2, 0) is 10.0 Å². The number of rotatable bonds is 7. The van der Waals surface area contributed by atoms with Gasteiger partial charge in [-0.1, -0.05) is 24.3 Å². The summed E-state index contributed by atoms with van der Waals surface area (Å²) in [5, 5.41) is 0. The van der Waals surface area contributed by atoms with E-state index in [1.165, 1.54) is 6.26 Å². The molecule has 122 valence electrons. The molecule has 2 rings (SSSR count). The van der Waals surface area contributed by atoms with E-state index in [4.69, 9.17) is 4.74 Å². The fourth-order valence-electron chi connectivity index (χ4n) is 2.57. The lowest BCUT2D eigenvalue weighted by Gasteiger charge is -2.13. The van der Waals surface area contributed by atoms with Crippen molar-refractivity contribution in [1.29, 1.82) is 0 Å². The normalized spacial score (nSPS) is 19.8. The van der Waals surface area contributed by atoms with Crippen LogP contribution < -0.4 is 9.46 Å². The predicted octanol–water partition coefficient (Wildman–Crippen LogP) is 1.58. The number of nitrogens with zero attached hydrogens (tertiary/aromatic N) is 1. The zero-order valence-corrected chi connectivity index (χ0v) is 14.0. The van der Waals surface area contributed by atoms with Crippen molar-refractivity contribution in [2.45, 2.75) is 6.42 Å². The number of methoxy groups -OCH3 is 1. The van der Waals surface area contributed by atoms with Gasteiger partial charge in [0.25, 0.3) is 0 Å². The number of hydrogen-bond donors (Lipinski definition) is 1. The molecule has 1 aromatic rings. The lowest BCUT2D eigenvalue weighted by molar-refractivity contribution is 0.359. The lowest BCUT2D eigenvalue weighted by Crippen LogP contribution is -2.30. The van der Waals surface area contributed by atoms with Gasteiger partial charge in [-0.05, 0) is 36.6 Å². The number of sulfonamides is 1. The van der Waals surface area contributed by atoms with E-state index < -0.39 is 10.0 Å². The van der Waals surface area contributed by atoms with Crippen molar-refractivity contribution in [2.75, 3.05) is 39.5 Å². The second-order valence-electron chi connectivity index (χ2n) is 5.71. The Labute approximate surface area is 133 Å². The molecular formula is C16H24N2O3S. The highest BCUT2D eigenvalue weighted by atomic mass is 32.2. The van der Waals surface area contributed by atoms with E-state index in [2.05, 4.69) is 21.8 Å². The Morgan fingerprint density at radius 2 is 2.09 bits per heavy atom. The summed E-state index contributed by atoms with van der Waals surface area (Å²) in [5.74, 6) is 1.27. The van der Waals surface area contributed by atoms with Crippen LogP contribution in [0.2, 0.25) is 0 Å². The second kappa shape index (κ2) is 7.76. The predicted molar refractivity (Wildman–Crippen MR) is 89.4 cm³/mol. The van der Waals surface area contributed by atoms with E-state index in [0.29, 0.717) is 12.5 Å². The molecule has 0 radical (unpaired) electrons. The smallest absolute Gasteiger partial charge is 0.208 e. The molecule has 1 saturated heterocycles. The lowest BCUT2D eigenvalue weighted by atomic mass is 10.1. The highest BCUT2D eigenvalue weighted by Crippen LogP contribution is 2.16. The molecule has 1 unspecified atom stereocenters. The monoisotopic (exact) mass is 324 g/mol. The van der Waals surface area contributed by atoms with Gasteiger partial charge in [-0.3, -0.25) is 4.90 Å². The molecule has 1 aromatic carbocycles. The van der Waals surface area contributed by atoms with Crippen molar-refractivity contribution in [2.24, 2.45) is 5.92 Å². The van der Waals surface area contributed by atoms with Crippen molar-refractivity contribution in [3.63, 3.8) is 0 Å². The molecule has 1 N–H and O–H groups in total. The Bertz CT molecular complexity index is 596. The maximum Gasteiger partial charge on any atom is 0.208 e. The molecule has 1 atom stereocenters. The first kappa shape index (κ1) is 17.0. The summed E-state index contributed by atoms with van der Waals surface area (Å²) in [5.41, 5.74) is 1.15. The van der Waals surface area contributed by atoms with Gasteiger partial charge in [0.15, 0.2) is 0 Å². The minimum Gasteiger partial charge on any atom is -0.497 e. The van der Waals surface area contributed by atoms with Gasteiger partial charge in [-0.25, -0.2) is 13.1 Å². The number of likely N-dealkylation sites (tertiary alicyclic amines) is 1. The SMILES string of the molecule is COc1ccc(/C=C/CN2CCC(CNS(C)(=O)=O)C2)cc1. The number of ether oxygens (including phenoxy) is 1. The topological polar surface area (TPSA) is 58.6 Å². The van der Waals surface area contributed by atoms with Crippen LogP contribution in [0.4, 0.5) is 0 Å². The van der Waals surface area contributed by atoms with E-state index in [0.717, 1.165) is 37.4 Å². The van der Waals surface area contributed by atoms with E-state index in [1.54, 1.807) is 7.11 Å². The first-order valence-corrected chi connectivity index (χ1v) is 9.33. The summed E-state index contributed by atoms with van der Waals surface area (Å²) in [7, 11) is -1.42. The first-order valence-electron chi connectivity index (χ1n) is 7.44. The van der Waals surface area contributed by atoms with Crippen LogP contribution in [0.5, 0.6) is 5.75 Å². The average Bonchev–Trinajstić information content (AvgIpc) is 2.93. The van der Waals surface area contributed by atoms with Crippen LogP contribution in [0.3, 0.4) is 0 Å². The Morgan fingerprint density at radius 1 is 1.36 bits per heavy atom. The second-order valence-corrected chi connectivity index (χ2v) is 7.54. The summed E-state index contributed by atoms with van der Waals surface area (Å²) >= 11 is 0. The standard InChI is InChI=1S/C16H24N2O3S/c1-21-16-7-5-14(6-8-16)4-3-10-18-11-9-15(13-18)12-17-22(2,19)20/h3-8,15,17H,9-13H2,1-2H3/b4-3+. The van der Waals surface area contributed by atoms with Crippen LogP contribution in [0.25, 0.3) is 6.08 Å². The quantitative estimate of drug-likeness (QED) is 0.827. The Morgan fingerprint density at radius 3 is 2.73 bits per heavy atom. The van der Waals surface area contributed by atoms with Crippen molar-refractivity contribution < 1.29 is 13.2 Å². The number of benzene rings is 1. The highest BCUT2D eigenvalue weighted by molar-refractivity contribution is 7.88. The molecule has 6 heteroatoms. The van der Waals surface area contributed by atoms with Gasteiger partial charge in [-0.2, -0.15) is 0 Å². The van der Waals surface area contributed by atoms with E-state index in [9.17, 15) is 8.42 Å². The third-order valence-corrected chi connectivity index (χ3v) is 4.48. The maximum atomic E-state index is 11.1. The minimum absolute atomic E-state index is 0.407. The van der Waals surface area contributed by atoms with E-state index in [-0.39, 0.29) is 0 Å². The van der Waals surface area contributed by atoms with Gasteiger partial charge >= 0.3 is 0 Å². The van der Waals surface area contributed by atoms with Gasteiger partial charge in [0.2, 0.25) is 10.0 Å². The summed E-state index contributed by atoms with van der Waals surface area (Å²) < 4.78 is 29.9. The Kier molecular flexibility index (Phi) is 5.99. The molecule has 0 aromatic heterocycles. The molecule has 1 heterocycles. The first-order chi connectivity index (χ1) is 10.5. The molecule has 0 spiro atoms. The van der Waals surface area contributed by atoms with Crippen molar-refractivity contribution in [1.82, 2.24) is 9.62 Å². The van der Waals surface area contributed by atoms with Gasteiger partial charge < -0.3 is 4.74 Å².